The number of thioether (sulfide) groups is 1. The SMILES string of the molecule is CCOCC(O)CSCC(O)COCC. The largest absolute Gasteiger partial charge is 0.390 e. The molecule has 0 heterocycles. The van der Waals surface area contributed by atoms with Crippen molar-refractivity contribution in [1.29, 1.82) is 0 Å². The van der Waals surface area contributed by atoms with Gasteiger partial charge < -0.3 is 19.7 Å². The van der Waals surface area contributed by atoms with Crippen LogP contribution in [0.2, 0.25) is 0 Å². The molecule has 0 aliphatic heterocycles. The minimum absolute atomic E-state index is 0.366. The maximum absolute atomic E-state index is 9.41. The van der Waals surface area contributed by atoms with Gasteiger partial charge in [0, 0.05) is 24.7 Å². The van der Waals surface area contributed by atoms with Crippen LogP contribution in [0.4, 0.5) is 0 Å². The molecule has 0 rings (SSSR count). The van der Waals surface area contributed by atoms with E-state index in [2.05, 4.69) is 0 Å². The van der Waals surface area contributed by atoms with Gasteiger partial charge in [-0.05, 0) is 13.8 Å². The number of hydrogen-bond acceptors (Lipinski definition) is 5. The molecule has 0 aliphatic rings. The molecule has 5 heteroatoms. The Morgan fingerprint density at radius 3 is 1.67 bits per heavy atom. The Hall–Kier alpha value is 0.190. The fraction of sp³-hybridized carbons (Fsp3) is 1.00. The van der Waals surface area contributed by atoms with Crippen molar-refractivity contribution in [2.24, 2.45) is 0 Å². The monoisotopic (exact) mass is 238 g/mol. The Morgan fingerprint density at radius 1 is 0.933 bits per heavy atom. The lowest BCUT2D eigenvalue weighted by atomic mass is 10.4. The van der Waals surface area contributed by atoms with E-state index in [1.165, 1.54) is 11.8 Å². The summed E-state index contributed by atoms with van der Waals surface area (Å²) >= 11 is 1.51. The molecule has 2 atom stereocenters. The number of aliphatic hydroxyl groups excluding tert-OH is 2. The predicted molar refractivity (Wildman–Crippen MR) is 62.3 cm³/mol. The Bertz CT molecular complexity index is 121. The molecule has 0 fully saturated rings. The van der Waals surface area contributed by atoms with Gasteiger partial charge in [0.1, 0.15) is 0 Å². The fourth-order valence-corrected chi connectivity index (χ4v) is 1.82. The van der Waals surface area contributed by atoms with Gasteiger partial charge >= 0.3 is 0 Å². The Kier molecular flexibility index (Phi) is 10.8. The summed E-state index contributed by atoms with van der Waals surface area (Å²) in [6, 6.07) is 0. The van der Waals surface area contributed by atoms with E-state index < -0.39 is 12.2 Å². The lowest BCUT2D eigenvalue weighted by molar-refractivity contribution is 0.0523. The number of hydrogen-bond donors (Lipinski definition) is 2. The van der Waals surface area contributed by atoms with Gasteiger partial charge in [-0.3, -0.25) is 0 Å². The zero-order chi connectivity index (χ0) is 11.5. The molecule has 15 heavy (non-hydrogen) atoms. The Labute approximate surface area is 96.0 Å². The van der Waals surface area contributed by atoms with Gasteiger partial charge in [-0.25, -0.2) is 0 Å². The van der Waals surface area contributed by atoms with Crippen molar-refractivity contribution in [3.8, 4) is 0 Å². The van der Waals surface area contributed by atoms with Crippen molar-refractivity contribution in [1.82, 2.24) is 0 Å². The lowest BCUT2D eigenvalue weighted by Crippen LogP contribution is -2.22. The molecular weight excluding hydrogens is 216 g/mol. The van der Waals surface area contributed by atoms with Crippen LogP contribution in [0.1, 0.15) is 13.8 Å². The molecule has 0 saturated carbocycles. The van der Waals surface area contributed by atoms with Gasteiger partial charge in [0.15, 0.2) is 0 Å². The summed E-state index contributed by atoms with van der Waals surface area (Å²) in [5, 5.41) is 18.8. The molecule has 0 aromatic heterocycles. The topological polar surface area (TPSA) is 58.9 Å². The van der Waals surface area contributed by atoms with E-state index in [1.54, 1.807) is 0 Å². The van der Waals surface area contributed by atoms with Crippen LogP contribution >= 0.6 is 11.8 Å². The third-order valence-electron chi connectivity index (χ3n) is 1.65. The van der Waals surface area contributed by atoms with Crippen molar-refractivity contribution in [2.45, 2.75) is 26.1 Å². The van der Waals surface area contributed by atoms with E-state index in [0.717, 1.165) is 0 Å². The molecule has 0 saturated heterocycles. The average molecular weight is 238 g/mol. The first-order valence-electron chi connectivity index (χ1n) is 5.30. The van der Waals surface area contributed by atoms with Gasteiger partial charge in [0.2, 0.25) is 0 Å². The van der Waals surface area contributed by atoms with Crippen molar-refractivity contribution >= 4 is 11.8 Å². The molecule has 0 spiro atoms. The van der Waals surface area contributed by atoms with Crippen molar-refractivity contribution in [3.63, 3.8) is 0 Å². The normalized spacial score (nSPS) is 15.2. The highest BCUT2D eigenvalue weighted by Crippen LogP contribution is 2.06. The highest BCUT2D eigenvalue weighted by atomic mass is 32.2. The third-order valence-corrected chi connectivity index (χ3v) is 2.89. The van der Waals surface area contributed by atoms with Crippen LogP contribution in [0, 0.1) is 0 Å². The highest BCUT2D eigenvalue weighted by Gasteiger charge is 2.07. The molecule has 92 valence electrons. The number of rotatable bonds is 10. The third kappa shape index (κ3) is 10.5. The molecule has 2 N–H and O–H groups in total. The van der Waals surface area contributed by atoms with Crippen LogP contribution < -0.4 is 0 Å². The van der Waals surface area contributed by atoms with Gasteiger partial charge in [0.05, 0.1) is 25.4 Å². The summed E-state index contributed by atoms with van der Waals surface area (Å²) in [5.74, 6) is 1.17. The second-order valence-electron chi connectivity index (χ2n) is 3.16. The molecule has 2 unspecified atom stereocenters. The summed E-state index contributed by atoms with van der Waals surface area (Å²) in [6.45, 7) is 5.76. The minimum atomic E-state index is -0.450. The smallest absolute Gasteiger partial charge is 0.0863 e. The van der Waals surface area contributed by atoms with E-state index in [9.17, 15) is 10.2 Å². The van der Waals surface area contributed by atoms with Crippen LogP contribution in [-0.4, -0.2) is 60.4 Å². The van der Waals surface area contributed by atoms with E-state index >= 15 is 0 Å². The molecular formula is C10H22O4S. The second kappa shape index (κ2) is 10.7. The van der Waals surface area contributed by atoms with Crippen LogP contribution in [0.25, 0.3) is 0 Å². The molecule has 0 aliphatic carbocycles. The molecule has 0 radical (unpaired) electrons. The maximum Gasteiger partial charge on any atom is 0.0863 e. The molecule has 0 bridgehead atoms. The van der Waals surface area contributed by atoms with Crippen LogP contribution in [0.5, 0.6) is 0 Å². The van der Waals surface area contributed by atoms with Crippen LogP contribution in [0.3, 0.4) is 0 Å². The quantitative estimate of drug-likeness (QED) is 0.581. The Morgan fingerprint density at radius 2 is 1.33 bits per heavy atom. The minimum Gasteiger partial charge on any atom is -0.390 e. The predicted octanol–water partition coefficient (Wildman–Crippen LogP) is 0.514. The summed E-state index contributed by atoms with van der Waals surface area (Å²) in [6.07, 6.45) is -0.900. The fourth-order valence-electron chi connectivity index (χ4n) is 0.944. The first-order valence-corrected chi connectivity index (χ1v) is 6.45. The van der Waals surface area contributed by atoms with Crippen molar-refractivity contribution < 1.29 is 19.7 Å². The summed E-state index contributed by atoms with van der Waals surface area (Å²) in [4.78, 5) is 0. The van der Waals surface area contributed by atoms with Gasteiger partial charge in [0.25, 0.3) is 0 Å². The first-order chi connectivity index (χ1) is 7.20. The second-order valence-corrected chi connectivity index (χ2v) is 4.24. The van der Waals surface area contributed by atoms with E-state index in [-0.39, 0.29) is 0 Å². The van der Waals surface area contributed by atoms with Gasteiger partial charge in [-0.1, -0.05) is 0 Å². The lowest BCUT2D eigenvalue weighted by Gasteiger charge is -2.12. The van der Waals surface area contributed by atoms with Gasteiger partial charge in [-0.15, -0.1) is 0 Å². The van der Waals surface area contributed by atoms with Crippen molar-refractivity contribution in [2.75, 3.05) is 37.9 Å². The molecule has 0 aromatic rings. The summed E-state index contributed by atoms with van der Waals surface area (Å²) in [5.41, 5.74) is 0. The number of aliphatic hydroxyl groups is 2. The highest BCUT2D eigenvalue weighted by molar-refractivity contribution is 7.99. The molecule has 0 amide bonds. The standard InChI is InChI=1S/C10H22O4S/c1-3-13-5-9(11)7-15-8-10(12)6-14-4-2/h9-12H,3-8H2,1-2H3. The molecule has 4 nitrogen and oxygen atoms in total. The van der Waals surface area contributed by atoms with Crippen molar-refractivity contribution in [3.05, 3.63) is 0 Å². The van der Waals surface area contributed by atoms with Crippen LogP contribution in [-0.2, 0) is 9.47 Å². The van der Waals surface area contributed by atoms with E-state index in [4.69, 9.17) is 9.47 Å². The zero-order valence-electron chi connectivity index (χ0n) is 9.52. The Balaban J connectivity index is 3.27. The number of ether oxygens (including phenoxy) is 2. The summed E-state index contributed by atoms with van der Waals surface area (Å²) < 4.78 is 10.1. The van der Waals surface area contributed by atoms with Crippen LogP contribution in [0.15, 0.2) is 0 Å². The van der Waals surface area contributed by atoms with E-state index in [1.807, 2.05) is 13.8 Å². The first kappa shape index (κ1) is 15.2. The average Bonchev–Trinajstić information content (AvgIpc) is 2.23. The van der Waals surface area contributed by atoms with E-state index in [0.29, 0.717) is 37.9 Å². The molecule has 0 aromatic carbocycles. The summed E-state index contributed by atoms with van der Waals surface area (Å²) in [7, 11) is 0. The zero-order valence-corrected chi connectivity index (χ0v) is 10.3. The maximum atomic E-state index is 9.41. The van der Waals surface area contributed by atoms with Gasteiger partial charge in [-0.2, -0.15) is 11.8 Å².